The molecule has 9 rings (SSSR count). The highest BCUT2D eigenvalue weighted by molar-refractivity contribution is 6.05. The number of anilines is 6. The van der Waals surface area contributed by atoms with Gasteiger partial charge in [0.25, 0.3) is 0 Å². The molecule has 0 aromatic heterocycles. The van der Waals surface area contributed by atoms with E-state index in [9.17, 15) is 0 Å². The van der Waals surface area contributed by atoms with Gasteiger partial charge in [0, 0.05) is 136 Å². The van der Waals surface area contributed by atoms with Gasteiger partial charge in [0.1, 0.15) is 28.2 Å². The van der Waals surface area contributed by atoms with E-state index in [-0.39, 0.29) is 37.2 Å². The fourth-order valence-electron chi connectivity index (χ4n) is 9.46. The standard InChI is InChI=1S/C25H30N3.C24H27N3.C24H26N2.3ClH/c1-26(2)22-13-7-19(8-14-22)25(20-9-15-23(16-10-20)27(3)4)21-11-17-24(18-12-21)28(5)6;1-25-21-12-6-18(7-13-21)24(19-8-14-22(15-9-19)26(2)3)20-10-16-23(17-11-20)27(4)5;1-18-6-8-19(9-7-18)24(20-10-14-22(15-11-20)25(2)3)21-12-16-23(17-13-21)26(4)5;;;/h7-18H,1-6H3;6-17H,1-5H3;6-17H,1H2,2-5H3;3*1H/q+1;;;;;/p-2. The number of hydrogen-bond donors (Lipinski definition) is 1. The second-order valence-corrected chi connectivity index (χ2v) is 21.7. The molecule has 0 atom stereocenters. The van der Waals surface area contributed by atoms with Crippen LogP contribution in [-0.4, -0.2) is 126 Å². The first-order valence-electron chi connectivity index (χ1n) is 27.6. The van der Waals surface area contributed by atoms with Crippen molar-refractivity contribution in [3.05, 3.63) is 273 Å². The Balaban J connectivity index is 0.000000266. The van der Waals surface area contributed by atoms with E-state index in [1.807, 2.05) is 7.05 Å². The van der Waals surface area contributed by atoms with E-state index in [0.717, 1.165) is 10.9 Å². The van der Waals surface area contributed by atoms with Crippen molar-refractivity contribution in [1.29, 1.82) is 0 Å². The van der Waals surface area contributed by atoms with Gasteiger partial charge < -0.3 is 67.0 Å². The van der Waals surface area contributed by atoms with Crippen LogP contribution >= 0.6 is 0 Å². The fourth-order valence-corrected chi connectivity index (χ4v) is 9.46. The Labute approximate surface area is 521 Å². The third kappa shape index (κ3) is 17.9. The maximum atomic E-state index is 4.01. The summed E-state index contributed by atoms with van der Waals surface area (Å²) in [4.78, 5) is 10.6. The minimum atomic E-state index is 0. The Kier molecular flexibility index (Phi) is 26.0. The van der Waals surface area contributed by atoms with Crippen molar-refractivity contribution in [3.63, 3.8) is 0 Å². The molecule has 0 saturated carbocycles. The number of benzene rings is 7. The molecule has 0 fully saturated rings. The van der Waals surface area contributed by atoms with Crippen LogP contribution in [0.1, 0.15) is 33.4 Å². The van der Waals surface area contributed by atoms with Gasteiger partial charge in [-0.1, -0.05) is 104 Å². The zero-order valence-corrected chi connectivity index (χ0v) is 54.0. The van der Waals surface area contributed by atoms with E-state index >= 15 is 0 Å². The molecule has 0 radical (unpaired) electrons. The van der Waals surface area contributed by atoms with Crippen molar-refractivity contribution >= 4 is 68.8 Å². The molecule has 0 saturated heterocycles. The summed E-state index contributed by atoms with van der Waals surface area (Å²) in [5, 5.41) is 5.42. The molecule has 0 unspecified atom stereocenters. The normalized spacial score (nSPS) is 11.7. The molecule has 11 heteroatoms. The molecule has 2 aliphatic rings. The highest BCUT2D eigenvalue weighted by Crippen LogP contribution is 2.34. The van der Waals surface area contributed by atoms with Crippen molar-refractivity contribution in [2.75, 3.05) is 136 Å². The second kappa shape index (κ2) is 32.0. The van der Waals surface area contributed by atoms with Gasteiger partial charge in [-0.3, -0.25) is 0 Å². The van der Waals surface area contributed by atoms with Gasteiger partial charge in [-0.05, 0) is 169 Å². The van der Waals surface area contributed by atoms with E-state index < -0.39 is 0 Å². The first kappa shape index (κ1) is 68.2. The molecule has 2 aliphatic carbocycles. The lowest BCUT2D eigenvalue weighted by Crippen LogP contribution is -3.00. The number of allylic oxidation sites excluding steroid dienone is 10. The van der Waals surface area contributed by atoms with Crippen LogP contribution < -0.4 is 77.5 Å². The molecular formula is C73H84Cl3N8-. The van der Waals surface area contributed by atoms with E-state index in [1.165, 1.54) is 106 Å². The van der Waals surface area contributed by atoms with Gasteiger partial charge >= 0.3 is 0 Å². The van der Waals surface area contributed by atoms with Gasteiger partial charge in [0.2, 0.25) is 0 Å². The lowest BCUT2D eigenvalue weighted by Gasteiger charge is -2.18. The van der Waals surface area contributed by atoms with Crippen molar-refractivity contribution in [3.8, 4) is 0 Å². The molecule has 0 spiro atoms. The fraction of sp³-hybridized carbons (Fsp3) is 0.205. The summed E-state index contributed by atoms with van der Waals surface area (Å²) in [7, 11) is 30.9. The van der Waals surface area contributed by atoms with Crippen molar-refractivity contribution in [2.45, 2.75) is 0 Å². The van der Waals surface area contributed by atoms with Gasteiger partial charge in [-0.2, -0.15) is 0 Å². The Morgan fingerprint density at radius 2 is 0.536 bits per heavy atom. The Hall–Kier alpha value is -8.27. The lowest BCUT2D eigenvalue weighted by molar-refractivity contribution is -0.462. The van der Waals surface area contributed by atoms with Crippen LogP contribution in [0, 0.1) is 0 Å². The topological polar surface area (TPSA) is 34.2 Å². The minimum absolute atomic E-state index is 0. The number of nitrogens with zero attached hydrogens (tertiary/aromatic N) is 7. The van der Waals surface area contributed by atoms with E-state index in [1.54, 1.807) is 0 Å². The number of halogens is 3. The van der Waals surface area contributed by atoms with E-state index in [4.69, 9.17) is 0 Å². The van der Waals surface area contributed by atoms with Gasteiger partial charge in [-0.25, -0.2) is 9.15 Å². The summed E-state index contributed by atoms with van der Waals surface area (Å²) in [5.41, 5.74) is 23.0. The van der Waals surface area contributed by atoms with Crippen molar-refractivity contribution in [2.24, 2.45) is 0 Å². The second-order valence-electron chi connectivity index (χ2n) is 21.7. The van der Waals surface area contributed by atoms with Crippen LogP contribution in [0.25, 0.3) is 23.3 Å². The maximum absolute atomic E-state index is 4.01. The molecule has 438 valence electrons. The summed E-state index contributed by atoms with van der Waals surface area (Å²) in [5.74, 6) is 0. The number of hydrogen-bond acceptors (Lipinski definition) is 6. The van der Waals surface area contributed by atoms with Crippen LogP contribution in [0.5, 0.6) is 0 Å². The SMILES string of the molecule is C=c1ccc(=C(c2ccc(N(C)C)cc2)c2ccc(N(C)C)cc2)cc1.CN(C)c1ccc(C(=C2C=CC(=[N+](C)C)C=C2)c2ccc(N(C)C)cc2)cc1.CNc1ccc(C(=C2C=CC(=[N+](C)C)C=C2)c2ccc(N(C)C)cc2)cc1.[Cl-].[Cl-].[Cl-]. The van der Waals surface area contributed by atoms with Gasteiger partial charge in [0.15, 0.2) is 11.4 Å². The molecule has 8 nitrogen and oxygen atoms in total. The Bertz CT molecular complexity index is 3480. The lowest BCUT2D eigenvalue weighted by atomic mass is 9.90. The molecule has 84 heavy (non-hydrogen) atoms. The third-order valence-corrected chi connectivity index (χ3v) is 14.4. The van der Waals surface area contributed by atoms with Crippen LogP contribution in [0.4, 0.5) is 34.1 Å². The molecular weight excluding hydrogens is 1100 g/mol. The average molecular weight is 1180 g/mol. The predicted octanol–water partition coefficient (Wildman–Crippen LogP) is 3.38. The largest absolute Gasteiger partial charge is 1.00 e. The third-order valence-electron chi connectivity index (χ3n) is 14.4. The summed E-state index contributed by atoms with van der Waals surface area (Å²) in [6, 6.07) is 60.8. The van der Waals surface area contributed by atoms with E-state index in [2.05, 4.69) is 363 Å². The molecule has 0 aliphatic heterocycles. The summed E-state index contributed by atoms with van der Waals surface area (Å²) >= 11 is 0. The van der Waals surface area contributed by atoms with Crippen LogP contribution in [0.3, 0.4) is 0 Å². The van der Waals surface area contributed by atoms with E-state index in [0.29, 0.717) is 0 Å². The monoisotopic (exact) mass is 1180 g/mol. The average Bonchev–Trinajstić information content (AvgIpc) is 3.66. The zero-order valence-electron chi connectivity index (χ0n) is 51.8. The Morgan fingerprint density at radius 1 is 0.310 bits per heavy atom. The molecule has 1 N–H and O–H groups in total. The first-order chi connectivity index (χ1) is 38.8. The summed E-state index contributed by atoms with van der Waals surface area (Å²) in [6.45, 7) is 4.01. The predicted molar refractivity (Wildman–Crippen MR) is 355 cm³/mol. The summed E-state index contributed by atoms with van der Waals surface area (Å²) < 4.78 is 4.25. The molecule has 0 amide bonds. The number of rotatable bonds is 12. The first-order valence-corrected chi connectivity index (χ1v) is 27.6. The smallest absolute Gasteiger partial charge is 0.199 e. The quantitative estimate of drug-likeness (QED) is 0.190. The Morgan fingerprint density at radius 3 is 0.750 bits per heavy atom. The van der Waals surface area contributed by atoms with Crippen LogP contribution in [-0.2, 0) is 0 Å². The minimum Gasteiger partial charge on any atom is -1.00 e. The maximum Gasteiger partial charge on any atom is 0.199 e. The molecule has 7 aromatic carbocycles. The molecule has 0 heterocycles. The highest BCUT2D eigenvalue weighted by Gasteiger charge is 2.16. The molecule has 0 bridgehead atoms. The zero-order chi connectivity index (χ0) is 58.3. The van der Waals surface area contributed by atoms with Gasteiger partial charge in [0.05, 0.1) is 0 Å². The van der Waals surface area contributed by atoms with Crippen LogP contribution in [0.2, 0.25) is 0 Å². The number of nitrogens with one attached hydrogen (secondary N) is 1. The van der Waals surface area contributed by atoms with Crippen LogP contribution in [0.15, 0.2) is 230 Å². The molecule has 7 aromatic rings. The van der Waals surface area contributed by atoms with Crippen molar-refractivity contribution < 1.29 is 46.4 Å². The summed E-state index contributed by atoms with van der Waals surface area (Å²) in [6.07, 6.45) is 17.5. The van der Waals surface area contributed by atoms with Crippen molar-refractivity contribution in [1.82, 2.24) is 0 Å². The van der Waals surface area contributed by atoms with Gasteiger partial charge in [-0.15, -0.1) is 0 Å². The highest BCUT2D eigenvalue weighted by atomic mass is 35.5.